The summed E-state index contributed by atoms with van der Waals surface area (Å²) in [6, 6.07) is 1.24. The number of imide groups is 1. The van der Waals surface area contributed by atoms with Gasteiger partial charge in [0.1, 0.15) is 4.88 Å². The summed E-state index contributed by atoms with van der Waals surface area (Å²) in [5.74, 6) is -1.16. The third kappa shape index (κ3) is 4.07. The molecule has 3 amide bonds. The first-order valence-electron chi connectivity index (χ1n) is 7.36. The lowest BCUT2D eigenvalue weighted by Crippen LogP contribution is -2.43. The maximum absolute atomic E-state index is 12.1. The number of nitrogens with one attached hydrogen (secondary N) is 2. The highest BCUT2D eigenvalue weighted by atomic mass is 32.1. The second-order valence-electron chi connectivity index (χ2n) is 5.24. The summed E-state index contributed by atoms with van der Waals surface area (Å²) in [5, 5.41) is 4.35. The summed E-state index contributed by atoms with van der Waals surface area (Å²) in [5.41, 5.74) is 1.22. The van der Waals surface area contributed by atoms with Crippen LogP contribution in [0.5, 0.6) is 0 Å². The SMILES string of the molecule is CNC(=O)NC(=O)[C@H](C)OC(=O)c1cc2c(s1)CCCCC2. The quantitative estimate of drug-likeness (QED) is 0.658. The molecule has 0 saturated heterocycles. The number of urea groups is 1. The molecule has 0 unspecified atom stereocenters. The Morgan fingerprint density at radius 1 is 1.23 bits per heavy atom. The Hall–Kier alpha value is -1.89. The fraction of sp³-hybridized carbons (Fsp3) is 0.533. The average Bonchev–Trinajstić information content (AvgIpc) is 2.78. The number of thiophene rings is 1. The van der Waals surface area contributed by atoms with Gasteiger partial charge in [-0.25, -0.2) is 9.59 Å². The van der Waals surface area contributed by atoms with Crippen molar-refractivity contribution >= 4 is 29.2 Å². The van der Waals surface area contributed by atoms with E-state index in [9.17, 15) is 14.4 Å². The third-order valence-corrected chi connectivity index (χ3v) is 4.78. The van der Waals surface area contributed by atoms with Gasteiger partial charge in [0.05, 0.1) is 0 Å². The van der Waals surface area contributed by atoms with Crippen molar-refractivity contribution in [2.75, 3.05) is 7.05 Å². The van der Waals surface area contributed by atoms with E-state index in [1.807, 2.05) is 6.07 Å². The predicted octanol–water partition coefficient (Wildman–Crippen LogP) is 2.02. The Bertz CT molecular complexity index is 559. The molecule has 1 aliphatic carbocycles. The molecule has 22 heavy (non-hydrogen) atoms. The molecule has 1 atom stereocenters. The molecule has 1 aromatic rings. The first-order valence-corrected chi connectivity index (χ1v) is 8.18. The maximum atomic E-state index is 12.1. The van der Waals surface area contributed by atoms with Crippen LogP contribution in [0.3, 0.4) is 0 Å². The lowest BCUT2D eigenvalue weighted by molar-refractivity contribution is -0.127. The molecule has 1 heterocycles. The summed E-state index contributed by atoms with van der Waals surface area (Å²) >= 11 is 1.44. The van der Waals surface area contributed by atoms with Gasteiger partial charge in [0.2, 0.25) is 0 Å². The van der Waals surface area contributed by atoms with Gasteiger partial charge in [-0.15, -0.1) is 11.3 Å². The smallest absolute Gasteiger partial charge is 0.349 e. The van der Waals surface area contributed by atoms with Crippen molar-refractivity contribution in [3.63, 3.8) is 0 Å². The molecule has 120 valence electrons. The molecule has 0 spiro atoms. The van der Waals surface area contributed by atoms with Crippen LogP contribution in [0.15, 0.2) is 6.07 Å². The Kier molecular flexibility index (Phi) is 5.54. The highest BCUT2D eigenvalue weighted by Gasteiger charge is 2.23. The lowest BCUT2D eigenvalue weighted by Gasteiger charge is -2.11. The molecule has 6 nitrogen and oxygen atoms in total. The second kappa shape index (κ2) is 7.40. The van der Waals surface area contributed by atoms with Crippen molar-refractivity contribution in [1.29, 1.82) is 0 Å². The van der Waals surface area contributed by atoms with Crippen LogP contribution in [-0.4, -0.2) is 31.1 Å². The fourth-order valence-corrected chi connectivity index (χ4v) is 3.45. The number of aryl methyl sites for hydroxylation is 2. The zero-order chi connectivity index (χ0) is 16.1. The first-order chi connectivity index (χ1) is 10.5. The van der Waals surface area contributed by atoms with Crippen LogP contribution in [0.25, 0.3) is 0 Å². The highest BCUT2D eigenvalue weighted by molar-refractivity contribution is 7.14. The standard InChI is InChI=1S/C15H20N2O4S/c1-9(13(18)17-15(20)16-2)21-14(19)12-8-10-6-4-3-5-7-11(10)22-12/h8-9H,3-7H2,1-2H3,(H2,16,17,18,20)/t9-/m0/s1. The number of hydrogen-bond acceptors (Lipinski definition) is 5. The molecule has 0 saturated carbocycles. The molecule has 2 rings (SSSR count). The second-order valence-corrected chi connectivity index (χ2v) is 6.37. The van der Waals surface area contributed by atoms with Gasteiger partial charge in [-0.1, -0.05) is 6.42 Å². The zero-order valence-electron chi connectivity index (χ0n) is 12.7. The maximum Gasteiger partial charge on any atom is 0.349 e. The number of ether oxygens (including phenoxy) is 1. The number of carbonyl (C=O) groups excluding carboxylic acids is 3. The van der Waals surface area contributed by atoms with Crippen molar-refractivity contribution < 1.29 is 19.1 Å². The molecule has 7 heteroatoms. The average molecular weight is 324 g/mol. The number of carbonyl (C=O) groups is 3. The van der Waals surface area contributed by atoms with Gasteiger partial charge in [0.15, 0.2) is 6.10 Å². The van der Waals surface area contributed by atoms with Crippen molar-refractivity contribution in [3.8, 4) is 0 Å². The van der Waals surface area contributed by atoms with E-state index < -0.39 is 24.0 Å². The molecule has 0 radical (unpaired) electrons. The van der Waals surface area contributed by atoms with Crippen LogP contribution in [0.2, 0.25) is 0 Å². The van der Waals surface area contributed by atoms with Crippen LogP contribution in [0.4, 0.5) is 4.79 Å². The van der Waals surface area contributed by atoms with E-state index in [1.165, 1.54) is 42.2 Å². The van der Waals surface area contributed by atoms with Crippen LogP contribution < -0.4 is 10.6 Å². The molecule has 1 aliphatic rings. The third-order valence-electron chi connectivity index (χ3n) is 3.56. The van der Waals surface area contributed by atoms with Crippen molar-refractivity contribution in [2.24, 2.45) is 0 Å². The van der Waals surface area contributed by atoms with Crippen LogP contribution >= 0.6 is 11.3 Å². The molecule has 0 aliphatic heterocycles. The Labute approximate surface area is 133 Å². The topological polar surface area (TPSA) is 84.5 Å². The Balaban J connectivity index is 1.97. The number of amides is 3. The highest BCUT2D eigenvalue weighted by Crippen LogP contribution is 2.29. The molecule has 0 aromatic carbocycles. The number of rotatable bonds is 3. The van der Waals surface area contributed by atoms with E-state index in [2.05, 4.69) is 10.6 Å². The minimum atomic E-state index is -1.02. The van der Waals surface area contributed by atoms with E-state index in [0.29, 0.717) is 4.88 Å². The fourth-order valence-electron chi connectivity index (χ4n) is 2.32. The van der Waals surface area contributed by atoms with Gasteiger partial charge in [0.25, 0.3) is 5.91 Å². The van der Waals surface area contributed by atoms with Crippen LogP contribution in [0, 0.1) is 0 Å². The molecule has 1 aromatic heterocycles. The van der Waals surface area contributed by atoms with Crippen LogP contribution in [-0.2, 0) is 22.4 Å². The van der Waals surface area contributed by atoms with Crippen molar-refractivity contribution in [3.05, 3.63) is 21.4 Å². The summed E-state index contributed by atoms with van der Waals surface area (Å²) in [6.07, 6.45) is 4.48. The first kappa shape index (κ1) is 16.5. The summed E-state index contributed by atoms with van der Waals surface area (Å²) in [6.45, 7) is 1.44. The zero-order valence-corrected chi connectivity index (χ0v) is 13.5. The molecular weight excluding hydrogens is 304 g/mol. The van der Waals surface area contributed by atoms with Gasteiger partial charge in [-0.2, -0.15) is 0 Å². The van der Waals surface area contributed by atoms with E-state index in [0.717, 1.165) is 25.7 Å². The minimum Gasteiger partial charge on any atom is -0.448 e. The molecule has 0 fully saturated rings. The van der Waals surface area contributed by atoms with E-state index >= 15 is 0 Å². The lowest BCUT2D eigenvalue weighted by atomic mass is 10.1. The minimum absolute atomic E-state index is 0.516. The Morgan fingerprint density at radius 2 is 1.95 bits per heavy atom. The van der Waals surface area contributed by atoms with E-state index in [1.54, 1.807) is 0 Å². The van der Waals surface area contributed by atoms with Gasteiger partial charge < -0.3 is 10.1 Å². The van der Waals surface area contributed by atoms with E-state index in [-0.39, 0.29) is 0 Å². The van der Waals surface area contributed by atoms with Gasteiger partial charge >= 0.3 is 12.0 Å². The van der Waals surface area contributed by atoms with Gasteiger partial charge in [-0.05, 0) is 44.2 Å². The number of fused-ring (bicyclic) bond motifs is 1. The molecule has 2 N–H and O–H groups in total. The van der Waals surface area contributed by atoms with Gasteiger partial charge in [-0.3, -0.25) is 10.1 Å². The number of hydrogen-bond donors (Lipinski definition) is 2. The van der Waals surface area contributed by atoms with Crippen molar-refractivity contribution in [1.82, 2.24) is 10.6 Å². The van der Waals surface area contributed by atoms with Crippen LogP contribution in [0.1, 0.15) is 46.3 Å². The summed E-state index contributed by atoms with van der Waals surface area (Å²) in [4.78, 5) is 36.6. The predicted molar refractivity (Wildman–Crippen MR) is 83.1 cm³/mol. The molecule has 0 bridgehead atoms. The van der Waals surface area contributed by atoms with E-state index in [4.69, 9.17) is 4.74 Å². The monoisotopic (exact) mass is 324 g/mol. The van der Waals surface area contributed by atoms with Crippen molar-refractivity contribution in [2.45, 2.75) is 45.1 Å². The van der Waals surface area contributed by atoms with Gasteiger partial charge in [0, 0.05) is 11.9 Å². The largest absolute Gasteiger partial charge is 0.448 e. The normalized spacial score (nSPS) is 15.2. The Morgan fingerprint density at radius 3 is 2.68 bits per heavy atom. The molecular formula is C15H20N2O4S. The summed E-state index contributed by atoms with van der Waals surface area (Å²) in [7, 11) is 1.40. The number of esters is 1. The summed E-state index contributed by atoms with van der Waals surface area (Å²) < 4.78 is 5.13.